The van der Waals surface area contributed by atoms with Gasteiger partial charge in [-0.1, -0.05) is 19.9 Å². The minimum Gasteiger partial charge on any atom is -0.481 e. The molecule has 0 saturated heterocycles. The van der Waals surface area contributed by atoms with Gasteiger partial charge in [0.2, 0.25) is 0 Å². The fourth-order valence-corrected chi connectivity index (χ4v) is 1.34. The van der Waals surface area contributed by atoms with Gasteiger partial charge >= 0.3 is 5.97 Å². The Hall–Kier alpha value is -0.870. The molecule has 2 unspecified atom stereocenters. The van der Waals surface area contributed by atoms with Crippen molar-refractivity contribution >= 4 is 5.97 Å². The normalized spacial score (nSPS) is 14.8. The van der Waals surface area contributed by atoms with E-state index in [-0.39, 0.29) is 13.0 Å². The molecule has 94 valence electrons. The lowest BCUT2D eigenvalue weighted by atomic mass is 9.98. The lowest BCUT2D eigenvalue weighted by Gasteiger charge is -2.16. The summed E-state index contributed by atoms with van der Waals surface area (Å²) < 4.78 is 5.25. The van der Waals surface area contributed by atoms with Gasteiger partial charge in [0.1, 0.15) is 0 Å². The largest absolute Gasteiger partial charge is 0.481 e. The van der Waals surface area contributed by atoms with Crippen LogP contribution in [0.25, 0.3) is 0 Å². The van der Waals surface area contributed by atoms with Gasteiger partial charge in [0.25, 0.3) is 0 Å². The van der Waals surface area contributed by atoms with E-state index < -0.39 is 18.0 Å². The first-order valence-corrected chi connectivity index (χ1v) is 5.56. The van der Waals surface area contributed by atoms with Crippen LogP contribution in [0.1, 0.15) is 26.7 Å². The maximum Gasteiger partial charge on any atom is 0.306 e. The number of allylic oxidation sites excluding steroid dienone is 1. The predicted molar refractivity (Wildman–Crippen MR) is 62.2 cm³/mol. The smallest absolute Gasteiger partial charge is 0.306 e. The lowest BCUT2D eigenvalue weighted by Crippen LogP contribution is -2.24. The second-order valence-electron chi connectivity index (χ2n) is 4.38. The van der Waals surface area contributed by atoms with Crippen LogP contribution in [0.2, 0.25) is 0 Å². The molecular weight excluding hydrogens is 208 g/mol. The Morgan fingerprint density at radius 2 is 2.06 bits per heavy atom. The number of aliphatic hydroxyl groups is 1. The Labute approximate surface area is 96.9 Å². The van der Waals surface area contributed by atoms with Crippen LogP contribution in [0.5, 0.6) is 0 Å². The Morgan fingerprint density at radius 1 is 1.44 bits per heavy atom. The van der Waals surface area contributed by atoms with Crippen molar-refractivity contribution in [1.82, 2.24) is 0 Å². The molecule has 0 aromatic rings. The molecule has 2 N–H and O–H groups in total. The van der Waals surface area contributed by atoms with E-state index in [9.17, 15) is 9.90 Å². The molecule has 0 amide bonds. The third-order valence-corrected chi connectivity index (χ3v) is 2.12. The second-order valence-corrected chi connectivity index (χ2v) is 4.38. The van der Waals surface area contributed by atoms with Crippen LogP contribution in [0.4, 0.5) is 0 Å². The second kappa shape index (κ2) is 8.30. The molecule has 0 fully saturated rings. The average Bonchev–Trinajstić information content (AvgIpc) is 2.16. The molecule has 4 nitrogen and oxygen atoms in total. The summed E-state index contributed by atoms with van der Waals surface area (Å²) in [7, 11) is 0. The van der Waals surface area contributed by atoms with Crippen LogP contribution >= 0.6 is 0 Å². The Morgan fingerprint density at radius 3 is 2.50 bits per heavy atom. The molecule has 0 aliphatic carbocycles. The van der Waals surface area contributed by atoms with Crippen molar-refractivity contribution in [1.29, 1.82) is 0 Å². The molecule has 0 bridgehead atoms. The first kappa shape index (κ1) is 15.1. The molecule has 0 spiro atoms. The Bertz CT molecular complexity index is 213. The van der Waals surface area contributed by atoms with E-state index in [1.54, 1.807) is 6.08 Å². The molecule has 2 atom stereocenters. The van der Waals surface area contributed by atoms with E-state index in [4.69, 9.17) is 9.84 Å². The summed E-state index contributed by atoms with van der Waals surface area (Å²) in [4.78, 5) is 10.8. The number of hydrogen-bond donors (Lipinski definition) is 2. The van der Waals surface area contributed by atoms with Gasteiger partial charge in [0.15, 0.2) is 0 Å². The van der Waals surface area contributed by atoms with Crippen molar-refractivity contribution in [3.63, 3.8) is 0 Å². The quantitative estimate of drug-likeness (QED) is 0.591. The van der Waals surface area contributed by atoms with E-state index >= 15 is 0 Å². The number of hydrogen-bond acceptors (Lipinski definition) is 3. The number of aliphatic hydroxyl groups excluding tert-OH is 1. The molecule has 0 aromatic heterocycles. The van der Waals surface area contributed by atoms with Crippen LogP contribution in [-0.4, -0.2) is 35.5 Å². The van der Waals surface area contributed by atoms with Crippen molar-refractivity contribution in [3.8, 4) is 0 Å². The monoisotopic (exact) mass is 230 g/mol. The summed E-state index contributed by atoms with van der Waals surface area (Å²) in [6.45, 7) is 8.31. The first-order valence-electron chi connectivity index (χ1n) is 5.56. The predicted octanol–water partition coefficient (Wildman–Crippen LogP) is 1.69. The van der Waals surface area contributed by atoms with Crippen molar-refractivity contribution in [2.45, 2.75) is 32.8 Å². The molecule has 0 aliphatic heterocycles. The topological polar surface area (TPSA) is 66.8 Å². The number of ether oxygens (including phenoxy) is 1. The van der Waals surface area contributed by atoms with Crippen molar-refractivity contribution in [3.05, 3.63) is 12.7 Å². The number of carboxylic acid groups (broad SMARTS) is 1. The van der Waals surface area contributed by atoms with Crippen molar-refractivity contribution in [2.75, 3.05) is 13.2 Å². The van der Waals surface area contributed by atoms with Crippen molar-refractivity contribution in [2.24, 2.45) is 11.8 Å². The van der Waals surface area contributed by atoms with E-state index in [0.29, 0.717) is 18.9 Å². The van der Waals surface area contributed by atoms with Gasteiger partial charge in [0, 0.05) is 6.61 Å². The number of rotatable bonds is 9. The lowest BCUT2D eigenvalue weighted by molar-refractivity contribution is -0.143. The average molecular weight is 230 g/mol. The van der Waals surface area contributed by atoms with Gasteiger partial charge in [-0.3, -0.25) is 4.79 Å². The number of carbonyl (C=O) groups is 1. The zero-order chi connectivity index (χ0) is 12.6. The van der Waals surface area contributed by atoms with Gasteiger partial charge in [0.05, 0.1) is 18.6 Å². The zero-order valence-electron chi connectivity index (χ0n) is 10.1. The summed E-state index contributed by atoms with van der Waals surface area (Å²) in [6.07, 6.45) is 1.41. The number of aliphatic carboxylic acids is 1. The summed E-state index contributed by atoms with van der Waals surface area (Å²) >= 11 is 0. The van der Waals surface area contributed by atoms with Gasteiger partial charge in [-0.15, -0.1) is 6.58 Å². The molecule has 16 heavy (non-hydrogen) atoms. The van der Waals surface area contributed by atoms with Gasteiger partial charge in [-0.25, -0.2) is 0 Å². The van der Waals surface area contributed by atoms with Gasteiger partial charge in [-0.05, 0) is 18.8 Å². The van der Waals surface area contributed by atoms with Crippen LogP contribution in [0.15, 0.2) is 12.7 Å². The van der Waals surface area contributed by atoms with Crippen LogP contribution < -0.4 is 0 Å². The third-order valence-electron chi connectivity index (χ3n) is 2.12. The molecular formula is C12H22O4. The van der Waals surface area contributed by atoms with Gasteiger partial charge in [-0.2, -0.15) is 0 Å². The van der Waals surface area contributed by atoms with Crippen LogP contribution in [0, 0.1) is 11.8 Å². The van der Waals surface area contributed by atoms with E-state index in [1.165, 1.54) is 0 Å². The summed E-state index contributed by atoms with van der Waals surface area (Å²) in [5, 5.41) is 18.5. The van der Waals surface area contributed by atoms with E-state index in [2.05, 4.69) is 6.58 Å². The highest BCUT2D eigenvalue weighted by molar-refractivity contribution is 5.70. The molecule has 0 aromatic carbocycles. The highest BCUT2D eigenvalue weighted by atomic mass is 16.5. The first-order chi connectivity index (χ1) is 7.47. The molecule has 0 aliphatic rings. The summed E-state index contributed by atoms with van der Waals surface area (Å²) in [6, 6.07) is 0. The minimum absolute atomic E-state index is 0.194. The standard InChI is InChI=1S/C12H22O4/c1-4-5-10(12(14)15)6-11(13)8-16-7-9(2)3/h4,9-11,13H,1,5-8H2,2-3H3,(H,14,15). The summed E-state index contributed by atoms with van der Waals surface area (Å²) in [5.41, 5.74) is 0. The third kappa shape index (κ3) is 7.43. The fourth-order valence-electron chi connectivity index (χ4n) is 1.34. The zero-order valence-corrected chi connectivity index (χ0v) is 10.1. The SMILES string of the molecule is C=CCC(CC(O)COCC(C)C)C(=O)O. The van der Waals surface area contributed by atoms with Crippen molar-refractivity contribution < 1.29 is 19.7 Å². The van der Waals surface area contributed by atoms with E-state index in [1.807, 2.05) is 13.8 Å². The molecule has 0 radical (unpaired) electrons. The highest BCUT2D eigenvalue weighted by Gasteiger charge is 2.20. The Balaban J connectivity index is 3.85. The van der Waals surface area contributed by atoms with Gasteiger partial charge < -0.3 is 14.9 Å². The molecule has 0 rings (SSSR count). The Kier molecular flexibility index (Phi) is 7.85. The van der Waals surface area contributed by atoms with Crippen LogP contribution in [0.3, 0.4) is 0 Å². The molecule has 0 saturated carbocycles. The maximum atomic E-state index is 10.8. The number of carboxylic acids is 1. The van der Waals surface area contributed by atoms with Crippen LogP contribution in [-0.2, 0) is 9.53 Å². The van der Waals surface area contributed by atoms with E-state index in [0.717, 1.165) is 0 Å². The highest BCUT2D eigenvalue weighted by Crippen LogP contribution is 2.13. The maximum absolute atomic E-state index is 10.8. The molecule has 4 heteroatoms. The minimum atomic E-state index is -0.900. The fraction of sp³-hybridized carbons (Fsp3) is 0.750. The summed E-state index contributed by atoms with van der Waals surface area (Å²) in [5.74, 6) is -1.06. The molecule has 0 heterocycles.